The molecule has 1 aromatic rings. The highest BCUT2D eigenvalue weighted by atomic mass is 79.9. The molecular formula is C12H13BrOS. The number of thioether (sulfide) groups is 1. The second-order valence-corrected chi connectivity index (χ2v) is 5.96. The molecule has 0 aromatic heterocycles. The van der Waals surface area contributed by atoms with E-state index in [0.29, 0.717) is 5.78 Å². The molecule has 1 atom stereocenters. The fourth-order valence-corrected chi connectivity index (χ4v) is 3.77. The largest absolute Gasteiger partial charge is 0.293 e. The molecule has 1 nitrogen and oxygen atoms in total. The van der Waals surface area contributed by atoms with Gasteiger partial charge in [0.2, 0.25) is 0 Å². The summed E-state index contributed by atoms with van der Waals surface area (Å²) in [4.78, 5) is 12.2. The molecule has 1 saturated heterocycles. The van der Waals surface area contributed by atoms with Crippen LogP contribution in [0, 0.1) is 6.92 Å². The molecule has 1 unspecified atom stereocenters. The number of carbonyl (C=O) groups excluding carboxylic acids is 1. The molecule has 1 aromatic carbocycles. The van der Waals surface area contributed by atoms with E-state index in [1.54, 1.807) is 11.8 Å². The highest BCUT2D eigenvalue weighted by Gasteiger charge is 2.26. The van der Waals surface area contributed by atoms with Crippen LogP contribution < -0.4 is 0 Å². The van der Waals surface area contributed by atoms with Crippen molar-refractivity contribution >= 4 is 33.5 Å². The highest BCUT2D eigenvalue weighted by molar-refractivity contribution is 9.10. The van der Waals surface area contributed by atoms with Gasteiger partial charge in [0.05, 0.1) is 5.25 Å². The van der Waals surface area contributed by atoms with Gasteiger partial charge in [0.1, 0.15) is 0 Å². The Morgan fingerprint density at radius 1 is 1.53 bits per heavy atom. The topological polar surface area (TPSA) is 17.1 Å². The van der Waals surface area contributed by atoms with Crippen LogP contribution in [-0.2, 0) is 0 Å². The van der Waals surface area contributed by atoms with Crippen LogP contribution in [0.3, 0.4) is 0 Å². The van der Waals surface area contributed by atoms with Crippen LogP contribution in [0.5, 0.6) is 0 Å². The van der Waals surface area contributed by atoms with Crippen molar-refractivity contribution in [3.05, 3.63) is 33.8 Å². The predicted molar refractivity (Wildman–Crippen MR) is 68.7 cm³/mol. The summed E-state index contributed by atoms with van der Waals surface area (Å²) in [5.41, 5.74) is 1.94. The van der Waals surface area contributed by atoms with Crippen LogP contribution in [0.1, 0.15) is 28.8 Å². The minimum absolute atomic E-state index is 0.183. The van der Waals surface area contributed by atoms with E-state index in [0.717, 1.165) is 27.8 Å². The highest BCUT2D eigenvalue weighted by Crippen LogP contribution is 2.32. The summed E-state index contributed by atoms with van der Waals surface area (Å²) >= 11 is 5.26. The van der Waals surface area contributed by atoms with Crippen LogP contribution in [0.25, 0.3) is 0 Å². The molecule has 1 aliphatic rings. The van der Waals surface area contributed by atoms with Gasteiger partial charge >= 0.3 is 0 Å². The molecule has 0 N–H and O–H groups in total. The third-order valence-corrected chi connectivity index (χ3v) is 4.73. The summed E-state index contributed by atoms with van der Waals surface area (Å²) in [5, 5.41) is 0.183. The van der Waals surface area contributed by atoms with Crippen molar-refractivity contribution in [3.8, 4) is 0 Å². The molecule has 80 valence electrons. The molecule has 1 aliphatic heterocycles. The van der Waals surface area contributed by atoms with Gasteiger partial charge in [-0.15, -0.1) is 0 Å². The minimum atomic E-state index is 0.183. The first kappa shape index (κ1) is 11.2. The van der Waals surface area contributed by atoms with Crippen molar-refractivity contribution in [1.29, 1.82) is 0 Å². The van der Waals surface area contributed by atoms with Crippen molar-refractivity contribution < 1.29 is 4.79 Å². The van der Waals surface area contributed by atoms with Crippen molar-refractivity contribution in [2.75, 3.05) is 5.75 Å². The van der Waals surface area contributed by atoms with Crippen LogP contribution in [0.2, 0.25) is 0 Å². The fourth-order valence-electron chi connectivity index (χ4n) is 1.89. The summed E-state index contributed by atoms with van der Waals surface area (Å²) in [6, 6.07) is 5.91. The first-order valence-electron chi connectivity index (χ1n) is 5.11. The molecule has 0 saturated carbocycles. The lowest BCUT2D eigenvalue weighted by Crippen LogP contribution is -2.15. The second-order valence-electron chi connectivity index (χ2n) is 3.80. The lowest BCUT2D eigenvalue weighted by atomic mass is 10.0. The molecule has 0 spiro atoms. The van der Waals surface area contributed by atoms with Gasteiger partial charge in [-0.05, 0) is 37.1 Å². The number of Topliss-reactive ketones (excluding diaryl/α,β-unsaturated/α-hetero) is 1. The summed E-state index contributed by atoms with van der Waals surface area (Å²) in [5.74, 6) is 1.42. The number of hydrogen-bond acceptors (Lipinski definition) is 2. The molecule has 0 amide bonds. The maximum Gasteiger partial charge on any atom is 0.177 e. The van der Waals surface area contributed by atoms with Crippen LogP contribution in [0.4, 0.5) is 0 Å². The Balaban J connectivity index is 2.32. The van der Waals surface area contributed by atoms with Crippen molar-refractivity contribution in [2.24, 2.45) is 0 Å². The van der Waals surface area contributed by atoms with E-state index in [2.05, 4.69) is 15.9 Å². The quantitative estimate of drug-likeness (QED) is 0.768. The Hall–Kier alpha value is -0.280. The van der Waals surface area contributed by atoms with Gasteiger partial charge in [0.15, 0.2) is 5.78 Å². The Labute approximate surface area is 103 Å². The van der Waals surface area contributed by atoms with Gasteiger partial charge in [-0.1, -0.05) is 28.1 Å². The van der Waals surface area contributed by atoms with Gasteiger partial charge < -0.3 is 0 Å². The molecule has 0 radical (unpaired) electrons. The lowest BCUT2D eigenvalue weighted by molar-refractivity contribution is 0.0987. The fraction of sp³-hybridized carbons (Fsp3) is 0.417. The smallest absolute Gasteiger partial charge is 0.177 e. The average Bonchev–Trinajstić information content (AvgIpc) is 2.69. The standard InChI is InChI=1S/C12H13BrOS/c1-8-4-2-5-9(13)11(8)12(14)10-6-3-7-15-10/h2,4-5,10H,3,6-7H2,1H3. The summed E-state index contributed by atoms with van der Waals surface area (Å²) in [7, 11) is 0. The molecule has 15 heavy (non-hydrogen) atoms. The Morgan fingerprint density at radius 3 is 2.93 bits per heavy atom. The Bertz CT molecular complexity index is 363. The third-order valence-electron chi connectivity index (χ3n) is 2.69. The van der Waals surface area contributed by atoms with Gasteiger partial charge in [-0.25, -0.2) is 0 Å². The maximum absolute atomic E-state index is 12.2. The van der Waals surface area contributed by atoms with Crippen LogP contribution in [-0.4, -0.2) is 16.8 Å². The first-order chi connectivity index (χ1) is 7.20. The molecule has 0 aliphatic carbocycles. The molecule has 0 bridgehead atoms. The predicted octanol–water partition coefficient (Wildman–Crippen LogP) is 3.84. The second kappa shape index (κ2) is 4.71. The molecule has 3 heteroatoms. The summed E-state index contributed by atoms with van der Waals surface area (Å²) in [6.45, 7) is 2.00. The molecular weight excluding hydrogens is 272 g/mol. The summed E-state index contributed by atoms with van der Waals surface area (Å²) < 4.78 is 0.931. The van der Waals surface area contributed by atoms with E-state index in [1.807, 2.05) is 25.1 Å². The van der Waals surface area contributed by atoms with Gasteiger partial charge in [-0.2, -0.15) is 11.8 Å². The van der Waals surface area contributed by atoms with Gasteiger partial charge in [0.25, 0.3) is 0 Å². The number of rotatable bonds is 2. The van der Waals surface area contributed by atoms with E-state index in [-0.39, 0.29) is 5.25 Å². The molecule has 1 heterocycles. The van der Waals surface area contributed by atoms with Gasteiger partial charge in [-0.3, -0.25) is 4.79 Å². The summed E-state index contributed by atoms with van der Waals surface area (Å²) in [6.07, 6.45) is 2.20. The number of hydrogen-bond donors (Lipinski definition) is 0. The molecule has 2 rings (SSSR count). The molecule has 1 fully saturated rings. The van der Waals surface area contributed by atoms with E-state index in [9.17, 15) is 4.79 Å². The number of ketones is 1. The number of benzene rings is 1. The van der Waals surface area contributed by atoms with Crippen molar-refractivity contribution in [2.45, 2.75) is 25.0 Å². The minimum Gasteiger partial charge on any atom is -0.293 e. The maximum atomic E-state index is 12.2. The lowest BCUT2D eigenvalue weighted by Gasteiger charge is -2.11. The van der Waals surface area contributed by atoms with Gasteiger partial charge in [0, 0.05) is 10.0 Å². The Morgan fingerprint density at radius 2 is 2.33 bits per heavy atom. The average molecular weight is 285 g/mol. The van der Waals surface area contributed by atoms with Crippen molar-refractivity contribution in [1.82, 2.24) is 0 Å². The Kier molecular flexibility index (Phi) is 3.52. The first-order valence-corrected chi connectivity index (χ1v) is 6.95. The van der Waals surface area contributed by atoms with Crippen LogP contribution >= 0.6 is 27.7 Å². The number of carbonyl (C=O) groups is 1. The normalized spacial score (nSPS) is 20.5. The third kappa shape index (κ3) is 2.28. The van der Waals surface area contributed by atoms with E-state index >= 15 is 0 Å². The van der Waals surface area contributed by atoms with E-state index in [1.165, 1.54) is 6.42 Å². The van der Waals surface area contributed by atoms with Crippen molar-refractivity contribution in [3.63, 3.8) is 0 Å². The SMILES string of the molecule is Cc1cccc(Br)c1C(=O)C1CCCS1. The zero-order valence-corrected chi connectivity index (χ0v) is 11.0. The zero-order valence-electron chi connectivity index (χ0n) is 8.63. The van der Waals surface area contributed by atoms with E-state index < -0.39 is 0 Å². The zero-order chi connectivity index (χ0) is 10.8. The number of halogens is 1. The number of aryl methyl sites for hydroxylation is 1. The monoisotopic (exact) mass is 284 g/mol. The van der Waals surface area contributed by atoms with Crippen LogP contribution in [0.15, 0.2) is 22.7 Å². The van der Waals surface area contributed by atoms with E-state index in [4.69, 9.17) is 0 Å².